The van der Waals surface area contributed by atoms with E-state index >= 15 is 0 Å². The Balaban J connectivity index is 1.61. The largest absolute Gasteiger partial charge is 0.416 e. The third-order valence-corrected chi connectivity index (χ3v) is 6.11. The van der Waals surface area contributed by atoms with Crippen molar-refractivity contribution in [3.05, 3.63) is 64.7 Å². The number of fused-ring (bicyclic) bond motifs is 1. The molecule has 2 aromatic rings. The molecule has 0 aromatic heterocycles. The van der Waals surface area contributed by atoms with E-state index in [4.69, 9.17) is 0 Å². The fourth-order valence-corrected chi connectivity index (χ4v) is 4.28. The number of carbonyl (C=O) groups excluding carboxylic acids is 2. The lowest BCUT2D eigenvalue weighted by atomic mass is 10.0. The fraction of sp³-hybridized carbons (Fsp3) is 0.417. The number of carbonyl (C=O) groups is 2. The lowest BCUT2D eigenvalue weighted by Gasteiger charge is -2.30. The van der Waals surface area contributed by atoms with E-state index in [1.165, 1.54) is 6.07 Å². The number of hydrogen-bond donors (Lipinski definition) is 0. The summed E-state index contributed by atoms with van der Waals surface area (Å²) in [7, 11) is 0. The lowest BCUT2D eigenvalue weighted by Crippen LogP contribution is -2.35. The van der Waals surface area contributed by atoms with Gasteiger partial charge in [-0.3, -0.25) is 9.59 Å². The van der Waals surface area contributed by atoms with Crippen LogP contribution in [-0.4, -0.2) is 29.3 Å². The summed E-state index contributed by atoms with van der Waals surface area (Å²) in [5, 5.41) is 0. The Hall–Kier alpha value is -2.83. The summed E-state index contributed by atoms with van der Waals surface area (Å²) in [4.78, 5) is 29.0. The van der Waals surface area contributed by atoms with E-state index in [0.29, 0.717) is 30.5 Å². The van der Waals surface area contributed by atoms with Crippen LogP contribution in [0.15, 0.2) is 42.5 Å². The van der Waals surface area contributed by atoms with Crippen LogP contribution in [0.3, 0.4) is 0 Å². The van der Waals surface area contributed by atoms with E-state index in [-0.39, 0.29) is 17.9 Å². The summed E-state index contributed by atoms with van der Waals surface area (Å²) < 4.78 is 39.5. The maximum absolute atomic E-state index is 13.4. The van der Waals surface area contributed by atoms with Crippen molar-refractivity contribution in [1.82, 2.24) is 4.90 Å². The molecular weight excluding hydrogens is 405 g/mol. The first kappa shape index (κ1) is 21.4. The molecule has 0 bridgehead atoms. The van der Waals surface area contributed by atoms with Gasteiger partial charge in [0, 0.05) is 30.3 Å². The molecule has 1 aliphatic heterocycles. The van der Waals surface area contributed by atoms with Crippen molar-refractivity contribution in [2.24, 2.45) is 0 Å². The molecule has 2 aromatic carbocycles. The monoisotopic (exact) mass is 430 g/mol. The van der Waals surface area contributed by atoms with Crippen LogP contribution in [0.5, 0.6) is 0 Å². The zero-order valence-electron chi connectivity index (χ0n) is 17.6. The van der Waals surface area contributed by atoms with E-state index in [1.54, 1.807) is 28.9 Å². The lowest BCUT2D eigenvalue weighted by molar-refractivity contribution is -0.137. The molecule has 1 atom stereocenters. The van der Waals surface area contributed by atoms with E-state index in [0.717, 1.165) is 36.2 Å². The Morgan fingerprint density at radius 3 is 2.55 bits per heavy atom. The predicted molar refractivity (Wildman–Crippen MR) is 112 cm³/mol. The molecule has 1 fully saturated rings. The summed E-state index contributed by atoms with van der Waals surface area (Å²) in [6.45, 7) is 4.20. The first-order valence-corrected chi connectivity index (χ1v) is 10.6. The number of amides is 2. The zero-order valence-corrected chi connectivity index (χ0v) is 17.6. The van der Waals surface area contributed by atoms with Gasteiger partial charge in [-0.2, -0.15) is 13.2 Å². The maximum Gasteiger partial charge on any atom is 0.416 e. The molecule has 0 radical (unpaired) electrons. The molecule has 1 saturated carbocycles. The SMILES string of the molecule is CCC(=O)N1CCc2cc(C(=O)N(C3CC3)C(C)c3cccc(C(F)(F)F)c3)ccc21. The van der Waals surface area contributed by atoms with Gasteiger partial charge in [-0.1, -0.05) is 19.1 Å². The Labute approximate surface area is 179 Å². The number of rotatable bonds is 5. The van der Waals surface area contributed by atoms with Gasteiger partial charge in [-0.05, 0) is 67.6 Å². The van der Waals surface area contributed by atoms with E-state index in [1.807, 2.05) is 19.1 Å². The summed E-state index contributed by atoms with van der Waals surface area (Å²) in [5.74, 6) is -0.133. The average Bonchev–Trinajstić information content (AvgIpc) is 3.49. The first-order chi connectivity index (χ1) is 14.7. The second-order valence-electron chi connectivity index (χ2n) is 8.24. The normalized spacial score (nSPS) is 16.7. The van der Waals surface area contributed by atoms with Gasteiger partial charge < -0.3 is 9.80 Å². The minimum atomic E-state index is -4.42. The highest BCUT2D eigenvalue weighted by Gasteiger charge is 2.38. The molecule has 164 valence electrons. The van der Waals surface area contributed by atoms with Crippen molar-refractivity contribution in [3.63, 3.8) is 0 Å². The van der Waals surface area contributed by atoms with Crippen LogP contribution in [-0.2, 0) is 17.4 Å². The number of halogens is 3. The fourth-order valence-electron chi connectivity index (χ4n) is 4.28. The van der Waals surface area contributed by atoms with Gasteiger partial charge in [0.2, 0.25) is 5.91 Å². The third kappa shape index (κ3) is 4.18. The quantitative estimate of drug-likeness (QED) is 0.640. The van der Waals surface area contributed by atoms with Crippen molar-refractivity contribution in [1.29, 1.82) is 0 Å². The van der Waals surface area contributed by atoms with Gasteiger partial charge in [0.15, 0.2) is 0 Å². The smallest absolute Gasteiger partial charge is 0.329 e. The highest BCUT2D eigenvalue weighted by molar-refractivity contribution is 5.98. The Bertz CT molecular complexity index is 1010. The maximum atomic E-state index is 13.4. The zero-order chi connectivity index (χ0) is 22.3. The van der Waals surface area contributed by atoms with E-state index < -0.39 is 17.8 Å². The van der Waals surface area contributed by atoms with Gasteiger partial charge >= 0.3 is 6.18 Å². The minimum absolute atomic E-state index is 0.0310. The van der Waals surface area contributed by atoms with Crippen molar-refractivity contribution < 1.29 is 22.8 Å². The molecule has 1 unspecified atom stereocenters. The molecule has 4 rings (SSSR count). The average molecular weight is 430 g/mol. The Morgan fingerprint density at radius 1 is 1.16 bits per heavy atom. The van der Waals surface area contributed by atoms with Gasteiger partial charge in [0.05, 0.1) is 11.6 Å². The number of benzene rings is 2. The summed E-state index contributed by atoms with van der Waals surface area (Å²) in [6.07, 6.45) is -1.62. The van der Waals surface area contributed by atoms with Crippen LogP contribution < -0.4 is 4.90 Å². The second-order valence-corrected chi connectivity index (χ2v) is 8.24. The summed E-state index contributed by atoms with van der Waals surface area (Å²) in [5.41, 5.74) is 2.06. The number of hydrogen-bond acceptors (Lipinski definition) is 2. The van der Waals surface area contributed by atoms with Crippen molar-refractivity contribution in [3.8, 4) is 0 Å². The van der Waals surface area contributed by atoms with Crippen molar-refractivity contribution in [2.75, 3.05) is 11.4 Å². The molecule has 1 aliphatic carbocycles. The summed E-state index contributed by atoms with van der Waals surface area (Å²) >= 11 is 0. The topological polar surface area (TPSA) is 40.6 Å². The van der Waals surface area contributed by atoms with Gasteiger partial charge in [-0.25, -0.2) is 0 Å². The van der Waals surface area contributed by atoms with Crippen LogP contribution >= 0.6 is 0 Å². The van der Waals surface area contributed by atoms with Gasteiger partial charge in [0.25, 0.3) is 5.91 Å². The Morgan fingerprint density at radius 2 is 1.90 bits per heavy atom. The standard InChI is InChI=1S/C24H25F3N2O2/c1-3-22(30)28-12-11-17-13-18(7-10-21(17)28)23(31)29(20-8-9-20)15(2)16-5-4-6-19(14-16)24(25,26)27/h4-7,10,13-15,20H,3,8-9,11-12H2,1-2H3. The molecule has 1 heterocycles. The molecule has 7 heteroatoms. The third-order valence-electron chi connectivity index (χ3n) is 6.11. The van der Waals surface area contributed by atoms with E-state index in [2.05, 4.69) is 0 Å². The van der Waals surface area contributed by atoms with Crippen LogP contribution in [0.25, 0.3) is 0 Å². The minimum Gasteiger partial charge on any atom is -0.329 e. The Kier molecular flexibility index (Phi) is 5.54. The van der Waals surface area contributed by atoms with Gasteiger partial charge in [0.1, 0.15) is 0 Å². The molecule has 0 N–H and O–H groups in total. The molecule has 2 amide bonds. The molecule has 0 saturated heterocycles. The first-order valence-electron chi connectivity index (χ1n) is 10.6. The van der Waals surface area contributed by atoms with Crippen molar-refractivity contribution >= 4 is 17.5 Å². The highest BCUT2D eigenvalue weighted by atomic mass is 19.4. The second kappa shape index (κ2) is 8.02. The predicted octanol–water partition coefficient (Wildman–Crippen LogP) is 5.37. The molecule has 31 heavy (non-hydrogen) atoms. The van der Waals surface area contributed by atoms with Crippen LogP contribution in [0.4, 0.5) is 18.9 Å². The van der Waals surface area contributed by atoms with Crippen LogP contribution in [0.2, 0.25) is 0 Å². The number of alkyl halides is 3. The van der Waals surface area contributed by atoms with Gasteiger partial charge in [-0.15, -0.1) is 0 Å². The van der Waals surface area contributed by atoms with Crippen molar-refractivity contribution in [2.45, 2.75) is 57.8 Å². The molecular formula is C24H25F3N2O2. The summed E-state index contributed by atoms with van der Waals surface area (Å²) in [6, 6.07) is 10.1. The highest BCUT2D eigenvalue weighted by Crippen LogP contribution is 2.38. The molecule has 4 nitrogen and oxygen atoms in total. The number of nitrogens with zero attached hydrogens (tertiary/aromatic N) is 2. The van der Waals surface area contributed by atoms with Crippen LogP contribution in [0.1, 0.15) is 66.2 Å². The van der Waals surface area contributed by atoms with E-state index in [9.17, 15) is 22.8 Å². The molecule has 0 spiro atoms. The van der Waals surface area contributed by atoms with Crippen LogP contribution in [0, 0.1) is 0 Å². The molecule has 2 aliphatic rings. The number of anilines is 1.